The van der Waals surface area contributed by atoms with Crippen LogP contribution in [0, 0.1) is 11.8 Å². The van der Waals surface area contributed by atoms with Crippen molar-refractivity contribution < 1.29 is 0 Å². The summed E-state index contributed by atoms with van der Waals surface area (Å²) in [6.45, 7) is 9.04. The van der Waals surface area contributed by atoms with Gasteiger partial charge in [0.15, 0.2) is 0 Å². The molecule has 1 N–H and O–H groups in total. The number of imidazole rings is 1. The summed E-state index contributed by atoms with van der Waals surface area (Å²) in [5.41, 5.74) is 3.03. The van der Waals surface area contributed by atoms with Crippen molar-refractivity contribution in [2.24, 2.45) is 11.8 Å². The molecule has 1 aromatic rings. The van der Waals surface area contributed by atoms with Gasteiger partial charge in [-0.15, -0.1) is 0 Å². The molecule has 2 fully saturated rings. The Kier molecular flexibility index (Phi) is 2.79. The highest BCUT2D eigenvalue weighted by Gasteiger charge is 2.45. The van der Waals surface area contributed by atoms with Crippen LogP contribution < -0.4 is 5.32 Å². The van der Waals surface area contributed by atoms with Gasteiger partial charge in [-0.25, -0.2) is 4.98 Å². The Labute approximate surface area is 122 Å². The first-order chi connectivity index (χ1) is 9.55. The second kappa shape index (κ2) is 4.33. The third-order valence-electron chi connectivity index (χ3n) is 5.10. The number of hydrogen-bond acceptors (Lipinski definition) is 2. The van der Waals surface area contributed by atoms with E-state index in [-0.39, 0.29) is 5.41 Å². The molecule has 1 aliphatic heterocycles. The zero-order chi connectivity index (χ0) is 13.9. The van der Waals surface area contributed by atoms with E-state index < -0.39 is 0 Å². The molecule has 2 aliphatic carbocycles. The maximum Gasteiger partial charge on any atom is 0.114 e. The molecule has 0 amide bonds. The Balaban J connectivity index is 1.84. The predicted octanol–water partition coefficient (Wildman–Crippen LogP) is 3.19. The van der Waals surface area contributed by atoms with E-state index in [2.05, 4.69) is 30.7 Å². The third kappa shape index (κ3) is 2.11. The topological polar surface area (TPSA) is 29.9 Å². The molecule has 0 unspecified atom stereocenters. The first kappa shape index (κ1) is 12.9. The van der Waals surface area contributed by atoms with Gasteiger partial charge in [-0.2, -0.15) is 0 Å². The van der Waals surface area contributed by atoms with Crippen molar-refractivity contribution in [2.45, 2.75) is 70.9 Å². The first-order valence-corrected chi connectivity index (χ1v) is 8.37. The number of hydrogen-bond donors (Lipinski definition) is 1. The maximum absolute atomic E-state index is 5.06. The third-order valence-corrected chi connectivity index (χ3v) is 5.10. The van der Waals surface area contributed by atoms with E-state index in [1.807, 2.05) is 0 Å². The fraction of sp³-hybridized carbons (Fsp3) is 0.824. The minimum atomic E-state index is 0.152. The Bertz CT molecular complexity index is 503. The fourth-order valence-corrected chi connectivity index (χ4v) is 3.87. The lowest BCUT2D eigenvalue weighted by Crippen LogP contribution is -2.28. The molecule has 0 aromatic carbocycles. The van der Waals surface area contributed by atoms with E-state index in [1.165, 1.54) is 37.2 Å². The van der Waals surface area contributed by atoms with Gasteiger partial charge in [-0.05, 0) is 37.5 Å². The smallest absolute Gasteiger partial charge is 0.114 e. The maximum atomic E-state index is 5.06. The molecule has 2 saturated carbocycles. The van der Waals surface area contributed by atoms with E-state index in [1.54, 1.807) is 5.69 Å². The summed E-state index contributed by atoms with van der Waals surface area (Å²) in [6.07, 6.45) is 6.92. The molecule has 4 rings (SSSR count). The summed E-state index contributed by atoms with van der Waals surface area (Å²) in [4.78, 5) is 5.06. The number of nitrogens with one attached hydrogen (secondary N) is 1. The van der Waals surface area contributed by atoms with Gasteiger partial charge >= 0.3 is 0 Å². The van der Waals surface area contributed by atoms with Crippen LogP contribution in [0.4, 0.5) is 0 Å². The minimum Gasteiger partial charge on any atom is -0.328 e. The van der Waals surface area contributed by atoms with Crippen molar-refractivity contribution >= 4 is 0 Å². The lowest BCUT2D eigenvalue weighted by atomic mass is 9.94. The van der Waals surface area contributed by atoms with Gasteiger partial charge in [0.2, 0.25) is 0 Å². The van der Waals surface area contributed by atoms with Crippen LogP contribution in [0.5, 0.6) is 0 Å². The lowest BCUT2D eigenvalue weighted by Gasteiger charge is -2.29. The van der Waals surface area contributed by atoms with Gasteiger partial charge in [0, 0.05) is 36.7 Å². The van der Waals surface area contributed by atoms with Gasteiger partial charge in [0.1, 0.15) is 5.82 Å². The summed E-state index contributed by atoms with van der Waals surface area (Å²) in [5, 5.41) is 3.49. The fourth-order valence-electron chi connectivity index (χ4n) is 3.87. The molecule has 3 nitrogen and oxygen atoms in total. The largest absolute Gasteiger partial charge is 0.328 e. The monoisotopic (exact) mass is 273 g/mol. The number of nitrogens with zero attached hydrogens (tertiary/aromatic N) is 2. The van der Waals surface area contributed by atoms with Crippen LogP contribution in [0.1, 0.15) is 69.7 Å². The number of fused-ring (bicyclic) bond motifs is 1. The van der Waals surface area contributed by atoms with E-state index >= 15 is 0 Å². The van der Waals surface area contributed by atoms with E-state index in [0.29, 0.717) is 0 Å². The van der Waals surface area contributed by atoms with Gasteiger partial charge < -0.3 is 9.88 Å². The molecule has 110 valence electrons. The average molecular weight is 273 g/mol. The molecule has 0 bridgehead atoms. The molecule has 0 atom stereocenters. The normalized spacial score (nSPS) is 23.2. The highest BCUT2D eigenvalue weighted by atomic mass is 15.2. The first-order valence-electron chi connectivity index (χ1n) is 8.37. The van der Waals surface area contributed by atoms with Gasteiger partial charge in [-0.1, -0.05) is 20.8 Å². The van der Waals surface area contributed by atoms with Crippen molar-refractivity contribution in [1.29, 1.82) is 0 Å². The Morgan fingerprint density at radius 1 is 1.15 bits per heavy atom. The van der Waals surface area contributed by atoms with Crippen LogP contribution in [-0.4, -0.2) is 16.1 Å². The summed E-state index contributed by atoms with van der Waals surface area (Å²) in [5.74, 6) is 3.23. The lowest BCUT2D eigenvalue weighted by molar-refractivity contribution is 0.348. The summed E-state index contributed by atoms with van der Waals surface area (Å²) >= 11 is 0. The molecule has 20 heavy (non-hydrogen) atoms. The Hall–Kier alpha value is -0.830. The summed E-state index contributed by atoms with van der Waals surface area (Å²) in [6, 6.07) is 0.763. The standard InChI is InChI=1S/C17H27N3/c1-17(2,3)16-19-13-10-18-9-8-14(13)20(16)15(11-4-5-11)12-6-7-12/h11-12,15,18H,4-10H2,1-3H3. The predicted molar refractivity (Wildman–Crippen MR) is 80.8 cm³/mol. The van der Waals surface area contributed by atoms with Crippen LogP contribution in [-0.2, 0) is 18.4 Å². The number of aromatic nitrogens is 2. The summed E-state index contributed by atoms with van der Waals surface area (Å²) < 4.78 is 2.71. The highest BCUT2D eigenvalue weighted by Crippen LogP contribution is 2.53. The molecule has 1 aromatic heterocycles. The van der Waals surface area contributed by atoms with Crippen molar-refractivity contribution in [3.05, 3.63) is 17.2 Å². The van der Waals surface area contributed by atoms with Crippen molar-refractivity contribution in [3.63, 3.8) is 0 Å². The van der Waals surface area contributed by atoms with E-state index in [0.717, 1.165) is 37.4 Å². The van der Waals surface area contributed by atoms with Crippen molar-refractivity contribution in [2.75, 3.05) is 6.54 Å². The minimum absolute atomic E-state index is 0.152. The Morgan fingerprint density at radius 3 is 2.35 bits per heavy atom. The van der Waals surface area contributed by atoms with Gasteiger partial charge in [-0.3, -0.25) is 0 Å². The Morgan fingerprint density at radius 2 is 1.80 bits per heavy atom. The molecule has 3 aliphatic rings. The van der Waals surface area contributed by atoms with Gasteiger partial charge in [0.05, 0.1) is 5.69 Å². The second-order valence-corrected chi connectivity index (χ2v) is 8.04. The van der Waals surface area contributed by atoms with Crippen LogP contribution >= 0.6 is 0 Å². The van der Waals surface area contributed by atoms with E-state index in [4.69, 9.17) is 4.98 Å². The van der Waals surface area contributed by atoms with Crippen LogP contribution in [0.3, 0.4) is 0 Å². The zero-order valence-electron chi connectivity index (χ0n) is 13.1. The zero-order valence-corrected chi connectivity index (χ0v) is 13.1. The van der Waals surface area contributed by atoms with Crippen LogP contribution in [0.25, 0.3) is 0 Å². The highest BCUT2D eigenvalue weighted by molar-refractivity contribution is 5.26. The molecule has 0 radical (unpaired) electrons. The molecule has 2 heterocycles. The molecular formula is C17H27N3. The van der Waals surface area contributed by atoms with Crippen molar-refractivity contribution in [1.82, 2.24) is 14.9 Å². The van der Waals surface area contributed by atoms with Crippen LogP contribution in [0.15, 0.2) is 0 Å². The number of rotatable bonds is 3. The molecular weight excluding hydrogens is 246 g/mol. The SMILES string of the molecule is CC(C)(C)c1nc2c(n1C(C1CC1)C1CC1)CCNC2. The van der Waals surface area contributed by atoms with Crippen molar-refractivity contribution in [3.8, 4) is 0 Å². The van der Waals surface area contributed by atoms with E-state index in [9.17, 15) is 0 Å². The quantitative estimate of drug-likeness (QED) is 0.916. The average Bonchev–Trinajstić information content (AvgIpc) is 3.27. The molecule has 0 spiro atoms. The second-order valence-electron chi connectivity index (χ2n) is 8.04. The molecule has 0 saturated heterocycles. The van der Waals surface area contributed by atoms with Crippen LogP contribution in [0.2, 0.25) is 0 Å². The summed E-state index contributed by atoms with van der Waals surface area (Å²) in [7, 11) is 0. The molecule has 3 heteroatoms. The van der Waals surface area contributed by atoms with Gasteiger partial charge in [0.25, 0.3) is 0 Å².